The first-order chi connectivity index (χ1) is 21.9. The van der Waals surface area contributed by atoms with E-state index in [9.17, 15) is 13.6 Å². The summed E-state index contributed by atoms with van der Waals surface area (Å²) < 4.78 is 44.6. The lowest BCUT2D eigenvalue weighted by atomic mass is 9.91. The molecule has 0 aliphatic rings. The summed E-state index contributed by atoms with van der Waals surface area (Å²) in [4.78, 5) is 21.5. The molecule has 224 valence electrons. The van der Waals surface area contributed by atoms with Gasteiger partial charge in [-0.25, -0.2) is 13.8 Å². The Kier molecular flexibility index (Phi) is 8.37. The lowest BCUT2D eigenvalue weighted by Gasteiger charge is -2.16. The summed E-state index contributed by atoms with van der Waals surface area (Å²) in [6.45, 7) is 0.221. The van der Waals surface area contributed by atoms with Gasteiger partial charge in [-0.1, -0.05) is 48.5 Å². The highest BCUT2D eigenvalue weighted by molar-refractivity contribution is 6.13. The molecule has 0 aliphatic heterocycles. The fraction of sp³-hybridized carbons (Fsp3) is 0.0811. The van der Waals surface area contributed by atoms with Gasteiger partial charge >= 0.3 is 0 Å². The van der Waals surface area contributed by atoms with Crippen LogP contribution in [0.2, 0.25) is 0 Å². The Balaban J connectivity index is 1.29. The van der Waals surface area contributed by atoms with E-state index in [0.29, 0.717) is 45.3 Å². The van der Waals surface area contributed by atoms with Crippen LogP contribution in [0.3, 0.4) is 0 Å². The standard InChI is InChI=1S/C37H28F2N2O4/c1-43-34-19-23(8-18-33(34)45-22-36-40-30-5-3-4-6-31(30)41-36)7-17-32(42)37-29(25-11-15-28(39)16-12-25)20-26(21-35(37)44-2)24-9-13-27(38)14-10-24/h3-21H,22H2,1-2H3,(H,40,41)/b17-7+. The highest BCUT2D eigenvalue weighted by Crippen LogP contribution is 2.37. The summed E-state index contributed by atoms with van der Waals surface area (Å²) in [5, 5.41) is 0. The van der Waals surface area contributed by atoms with Crippen molar-refractivity contribution in [1.82, 2.24) is 9.97 Å². The van der Waals surface area contributed by atoms with Crippen molar-refractivity contribution in [1.29, 1.82) is 0 Å². The van der Waals surface area contributed by atoms with Crippen molar-refractivity contribution in [3.8, 4) is 39.5 Å². The number of ether oxygens (including phenoxy) is 3. The number of carbonyl (C=O) groups is 1. The van der Waals surface area contributed by atoms with Crippen LogP contribution in [-0.2, 0) is 6.61 Å². The SMILES string of the molecule is COc1cc(/C=C/C(=O)c2c(OC)cc(-c3ccc(F)cc3)cc2-c2ccc(F)cc2)ccc1OCc1nc2ccccc2[nH]1. The van der Waals surface area contributed by atoms with Gasteiger partial charge in [0, 0.05) is 0 Å². The Bertz CT molecular complexity index is 1980. The number of methoxy groups -OCH3 is 2. The quantitative estimate of drug-likeness (QED) is 0.125. The molecule has 0 spiro atoms. The van der Waals surface area contributed by atoms with E-state index < -0.39 is 5.82 Å². The minimum atomic E-state index is -0.396. The number of hydrogen-bond acceptors (Lipinski definition) is 5. The van der Waals surface area contributed by atoms with E-state index >= 15 is 0 Å². The summed E-state index contributed by atoms with van der Waals surface area (Å²) in [6.07, 6.45) is 3.13. The maximum Gasteiger partial charge on any atom is 0.190 e. The third kappa shape index (κ3) is 6.45. The second-order valence-corrected chi connectivity index (χ2v) is 10.2. The number of aromatic nitrogens is 2. The molecule has 6 rings (SSSR count). The van der Waals surface area contributed by atoms with E-state index in [2.05, 4.69) is 9.97 Å². The molecule has 1 aromatic heterocycles. The molecule has 0 saturated carbocycles. The Morgan fingerprint density at radius 2 is 1.44 bits per heavy atom. The number of para-hydroxylation sites is 2. The Labute approximate surface area is 258 Å². The molecule has 0 saturated heterocycles. The number of nitrogens with one attached hydrogen (secondary N) is 1. The molecule has 8 heteroatoms. The van der Waals surface area contributed by atoms with Crippen molar-refractivity contribution in [2.45, 2.75) is 6.61 Å². The third-order valence-corrected chi connectivity index (χ3v) is 7.32. The zero-order chi connectivity index (χ0) is 31.3. The van der Waals surface area contributed by atoms with E-state index in [1.807, 2.05) is 36.4 Å². The van der Waals surface area contributed by atoms with Crippen LogP contribution in [0.25, 0.3) is 39.4 Å². The van der Waals surface area contributed by atoms with Gasteiger partial charge in [0.15, 0.2) is 17.3 Å². The van der Waals surface area contributed by atoms with Gasteiger partial charge in [-0.2, -0.15) is 0 Å². The van der Waals surface area contributed by atoms with Crippen LogP contribution in [0, 0.1) is 11.6 Å². The van der Waals surface area contributed by atoms with Gasteiger partial charge in [0.05, 0.1) is 30.8 Å². The molecular formula is C37H28F2N2O4. The number of hydrogen-bond donors (Lipinski definition) is 1. The predicted molar refractivity (Wildman–Crippen MR) is 171 cm³/mol. The number of ketones is 1. The minimum absolute atomic E-state index is 0.221. The van der Waals surface area contributed by atoms with Crippen molar-refractivity contribution in [3.05, 3.63) is 138 Å². The van der Waals surface area contributed by atoms with Crippen LogP contribution in [0.4, 0.5) is 8.78 Å². The summed E-state index contributed by atoms with van der Waals surface area (Å²) in [5.74, 6) is 0.964. The Morgan fingerprint density at radius 3 is 2.13 bits per heavy atom. The van der Waals surface area contributed by atoms with Crippen LogP contribution in [-0.4, -0.2) is 30.0 Å². The minimum Gasteiger partial charge on any atom is -0.496 e. The number of halogens is 2. The first-order valence-corrected chi connectivity index (χ1v) is 14.1. The highest BCUT2D eigenvalue weighted by Gasteiger charge is 2.20. The number of fused-ring (bicyclic) bond motifs is 1. The van der Waals surface area contributed by atoms with Crippen molar-refractivity contribution < 1.29 is 27.8 Å². The molecule has 0 radical (unpaired) electrons. The normalized spacial score (nSPS) is 11.2. The second kappa shape index (κ2) is 12.9. The molecule has 0 fully saturated rings. The van der Waals surface area contributed by atoms with Crippen molar-refractivity contribution in [3.63, 3.8) is 0 Å². The zero-order valence-corrected chi connectivity index (χ0v) is 24.5. The lowest BCUT2D eigenvalue weighted by molar-refractivity contribution is 0.104. The topological polar surface area (TPSA) is 73.4 Å². The van der Waals surface area contributed by atoms with E-state index in [1.165, 1.54) is 37.5 Å². The van der Waals surface area contributed by atoms with Gasteiger partial charge in [-0.05, 0) is 94.6 Å². The van der Waals surface area contributed by atoms with Gasteiger partial charge in [-0.15, -0.1) is 0 Å². The molecule has 0 atom stereocenters. The van der Waals surface area contributed by atoms with Gasteiger partial charge < -0.3 is 19.2 Å². The maximum absolute atomic E-state index is 13.8. The van der Waals surface area contributed by atoms with Crippen molar-refractivity contribution in [2.24, 2.45) is 0 Å². The van der Waals surface area contributed by atoms with Crippen LogP contribution >= 0.6 is 0 Å². The molecule has 0 amide bonds. The van der Waals surface area contributed by atoms with Crippen molar-refractivity contribution >= 4 is 22.9 Å². The number of benzene rings is 5. The Morgan fingerprint density at radius 1 is 0.756 bits per heavy atom. The average Bonchev–Trinajstić information content (AvgIpc) is 3.49. The van der Waals surface area contributed by atoms with Gasteiger partial charge in [0.2, 0.25) is 0 Å². The molecule has 0 aliphatic carbocycles. The van der Waals surface area contributed by atoms with Crippen LogP contribution < -0.4 is 14.2 Å². The molecule has 45 heavy (non-hydrogen) atoms. The number of allylic oxidation sites excluding steroid dienone is 1. The largest absolute Gasteiger partial charge is 0.496 e. The van der Waals surface area contributed by atoms with E-state index in [0.717, 1.165) is 22.2 Å². The molecule has 0 bridgehead atoms. The molecule has 5 aromatic carbocycles. The van der Waals surface area contributed by atoms with E-state index in [1.54, 1.807) is 55.7 Å². The third-order valence-electron chi connectivity index (χ3n) is 7.32. The summed E-state index contributed by atoms with van der Waals surface area (Å²) in [7, 11) is 3.03. The molecule has 6 aromatic rings. The molecular weight excluding hydrogens is 574 g/mol. The fourth-order valence-corrected chi connectivity index (χ4v) is 5.08. The molecule has 0 unspecified atom stereocenters. The predicted octanol–water partition coefficient (Wildman–Crippen LogP) is 8.67. The zero-order valence-electron chi connectivity index (χ0n) is 24.5. The molecule has 1 N–H and O–H groups in total. The summed E-state index contributed by atoms with van der Waals surface area (Å²) in [6, 6.07) is 28.6. The molecule has 1 heterocycles. The number of H-pyrrole nitrogens is 1. The average molecular weight is 603 g/mol. The van der Waals surface area contributed by atoms with Gasteiger partial charge in [-0.3, -0.25) is 4.79 Å². The number of nitrogens with zero attached hydrogens (tertiary/aromatic N) is 1. The molecule has 6 nitrogen and oxygen atoms in total. The smallest absolute Gasteiger partial charge is 0.190 e. The van der Waals surface area contributed by atoms with E-state index in [-0.39, 0.29) is 18.2 Å². The lowest BCUT2D eigenvalue weighted by Crippen LogP contribution is -2.03. The number of aromatic amines is 1. The van der Waals surface area contributed by atoms with Crippen LogP contribution in [0.5, 0.6) is 17.2 Å². The second-order valence-electron chi connectivity index (χ2n) is 10.2. The number of carbonyl (C=O) groups excluding carboxylic acids is 1. The van der Waals surface area contributed by atoms with Crippen molar-refractivity contribution in [2.75, 3.05) is 14.2 Å². The van der Waals surface area contributed by atoms with Gasteiger partial charge in [0.25, 0.3) is 0 Å². The van der Waals surface area contributed by atoms with Crippen LogP contribution in [0.1, 0.15) is 21.7 Å². The fourth-order valence-electron chi connectivity index (χ4n) is 5.08. The van der Waals surface area contributed by atoms with E-state index in [4.69, 9.17) is 14.2 Å². The number of imidazole rings is 1. The first kappa shape index (κ1) is 29.3. The first-order valence-electron chi connectivity index (χ1n) is 14.1. The summed E-state index contributed by atoms with van der Waals surface area (Å²) >= 11 is 0. The van der Waals surface area contributed by atoms with Gasteiger partial charge in [0.1, 0.15) is 29.8 Å². The Hall–Kier alpha value is -5.76. The number of rotatable bonds is 10. The maximum atomic E-state index is 13.8. The van der Waals surface area contributed by atoms with Crippen LogP contribution in [0.15, 0.2) is 109 Å². The monoisotopic (exact) mass is 602 g/mol. The highest BCUT2D eigenvalue weighted by atomic mass is 19.1. The summed E-state index contributed by atoms with van der Waals surface area (Å²) in [5.41, 5.74) is 5.44.